The molecule has 41 heavy (non-hydrogen) atoms. The number of fused-ring (bicyclic) bond motifs is 1. The van der Waals surface area contributed by atoms with Gasteiger partial charge in [-0.05, 0) is 61.8 Å². The Hall–Kier alpha value is -3.12. The third kappa shape index (κ3) is 6.86. The van der Waals surface area contributed by atoms with Crippen molar-refractivity contribution < 1.29 is 35.9 Å². The van der Waals surface area contributed by atoms with Crippen LogP contribution in [0.2, 0.25) is 0 Å². The van der Waals surface area contributed by atoms with Gasteiger partial charge in [0.15, 0.2) is 0 Å². The van der Waals surface area contributed by atoms with E-state index in [9.17, 15) is 35.9 Å². The number of benzene rings is 2. The minimum absolute atomic E-state index is 0.0440. The smallest absolute Gasteiger partial charge is 0.334 e. The summed E-state index contributed by atoms with van der Waals surface area (Å²) in [5, 5.41) is 3.16. The Kier molecular flexibility index (Phi) is 8.75. The third-order valence-corrected chi connectivity index (χ3v) is 7.93. The summed E-state index contributed by atoms with van der Waals surface area (Å²) in [6.07, 6.45) is -9.09. The molecule has 2 amide bonds. The maximum absolute atomic E-state index is 13.9. The van der Waals surface area contributed by atoms with Gasteiger partial charge in [-0.1, -0.05) is 44.2 Å². The topological polar surface area (TPSA) is 55.9 Å². The number of halogens is 6. The van der Waals surface area contributed by atoms with E-state index in [0.717, 1.165) is 11.6 Å². The summed E-state index contributed by atoms with van der Waals surface area (Å²) in [5.41, 5.74) is -0.335. The zero-order valence-corrected chi connectivity index (χ0v) is 23.2. The molecule has 0 unspecified atom stereocenters. The Labute approximate surface area is 235 Å². The Morgan fingerprint density at radius 1 is 1.00 bits per heavy atom. The summed E-state index contributed by atoms with van der Waals surface area (Å²) in [6.45, 7) is 4.32. The van der Waals surface area contributed by atoms with Gasteiger partial charge in [-0.15, -0.1) is 0 Å². The average molecular weight is 585 g/mol. The second kappa shape index (κ2) is 11.6. The van der Waals surface area contributed by atoms with Gasteiger partial charge < -0.3 is 15.1 Å². The fraction of sp³-hybridized carbons (Fsp3) is 0.517. The van der Waals surface area contributed by atoms with Gasteiger partial charge in [-0.3, -0.25) is 14.5 Å². The monoisotopic (exact) mass is 584 g/mol. The van der Waals surface area contributed by atoms with Crippen LogP contribution in [-0.2, 0) is 34.3 Å². The van der Waals surface area contributed by atoms with Gasteiger partial charge in [0.2, 0.25) is 5.91 Å². The Balaban J connectivity index is 1.74. The van der Waals surface area contributed by atoms with Crippen LogP contribution in [0, 0.1) is 0 Å². The normalized spacial score (nSPS) is 18.1. The standard InChI is InChI=1S/C29H34F6N4O2/c1-27(2)18-36-15-21-23(27)9-6-10-24(21)39(26(41)29(33,34)35)17-25(40)38(20-11-13-37(3)14-12-20)16-19-7-4-5-8-22(19)28(30,31)32/h4-10,20,36H,11-18H2,1-3H3. The van der Waals surface area contributed by atoms with Crippen molar-refractivity contribution in [2.75, 3.05) is 38.1 Å². The number of nitrogens with zero attached hydrogens (tertiary/aromatic N) is 3. The first kappa shape index (κ1) is 30.8. The first-order valence-corrected chi connectivity index (χ1v) is 13.4. The quantitative estimate of drug-likeness (QED) is 0.480. The van der Waals surface area contributed by atoms with E-state index in [-0.39, 0.29) is 17.8 Å². The lowest BCUT2D eigenvalue weighted by Gasteiger charge is -2.39. The maximum Gasteiger partial charge on any atom is 0.471 e. The molecule has 0 saturated carbocycles. The lowest BCUT2D eigenvalue weighted by molar-refractivity contribution is -0.170. The summed E-state index contributed by atoms with van der Waals surface area (Å²) in [5.74, 6) is -3.06. The van der Waals surface area contributed by atoms with Gasteiger partial charge in [-0.25, -0.2) is 0 Å². The van der Waals surface area contributed by atoms with Gasteiger partial charge in [0.25, 0.3) is 0 Å². The van der Waals surface area contributed by atoms with Crippen LogP contribution >= 0.6 is 0 Å². The van der Waals surface area contributed by atoms with Crippen LogP contribution in [0.4, 0.5) is 32.0 Å². The number of amides is 2. The Morgan fingerprint density at radius 2 is 1.66 bits per heavy atom. The number of likely N-dealkylation sites (tertiary alicyclic amines) is 1. The molecule has 0 radical (unpaired) electrons. The predicted molar refractivity (Wildman–Crippen MR) is 142 cm³/mol. The zero-order valence-electron chi connectivity index (χ0n) is 23.2. The van der Waals surface area contributed by atoms with Crippen molar-refractivity contribution in [3.63, 3.8) is 0 Å². The Morgan fingerprint density at radius 3 is 2.29 bits per heavy atom. The van der Waals surface area contributed by atoms with E-state index in [0.29, 0.717) is 42.9 Å². The van der Waals surface area contributed by atoms with Crippen molar-refractivity contribution in [2.24, 2.45) is 0 Å². The number of nitrogens with one attached hydrogen (secondary N) is 1. The lowest BCUT2D eigenvalue weighted by atomic mass is 9.78. The highest BCUT2D eigenvalue weighted by Gasteiger charge is 2.45. The van der Waals surface area contributed by atoms with E-state index >= 15 is 0 Å². The molecule has 1 fully saturated rings. The fourth-order valence-electron chi connectivity index (χ4n) is 5.73. The summed E-state index contributed by atoms with van der Waals surface area (Å²) >= 11 is 0. The molecule has 2 aromatic carbocycles. The number of alkyl halides is 6. The first-order valence-electron chi connectivity index (χ1n) is 13.4. The molecule has 6 nitrogen and oxygen atoms in total. The van der Waals surface area contributed by atoms with Crippen LogP contribution in [-0.4, -0.2) is 67.1 Å². The van der Waals surface area contributed by atoms with E-state index in [1.165, 1.54) is 29.2 Å². The van der Waals surface area contributed by atoms with E-state index in [2.05, 4.69) is 5.32 Å². The van der Waals surface area contributed by atoms with E-state index in [1.54, 1.807) is 12.1 Å². The molecule has 2 aliphatic rings. The molecule has 2 aliphatic heterocycles. The molecule has 2 aromatic rings. The van der Waals surface area contributed by atoms with Crippen molar-refractivity contribution in [3.05, 3.63) is 64.7 Å². The molecular formula is C29H34F6N4O2. The van der Waals surface area contributed by atoms with Gasteiger partial charge in [0, 0.05) is 36.8 Å². The molecule has 2 heterocycles. The minimum atomic E-state index is -5.28. The summed E-state index contributed by atoms with van der Waals surface area (Å²) in [6, 6.07) is 9.05. The van der Waals surface area contributed by atoms with Crippen molar-refractivity contribution in [2.45, 2.75) is 63.6 Å². The van der Waals surface area contributed by atoms with Gasteiger partial charge in [-0.2, -0.15) is 26.3 Å². The van der Waals surface area contributed by atoms with Crippen molar-refractivity contribution in [1.29, 1.82) is 0 Å². The van der Waals surface area contributed by atoms with E-state index in [1.807, 2.05) is 25.8 Å². The van der Waals surface area contributed by atoms with Crippen molar-refractivity contribution in [3.8, 4) is 0 Å². The minimum Gasteiger partial charge on any atom is -0.334 e. The number of rotatable bonds is 6. The van der Waals surface area contributed by atoms with Crippen LogP contribution < -0.4 is 10.2 Å². The fourth-order valence-corrected chi connectivity index (χ4v) is 5.73. The van der Waals surface area contributed by atoms with Crippen molar-refractivity contribution >= 4 is 17.5 Å². The Bertz CT molecular complexity index is 1270. The van der Waals surface area contributed by atoms with Crippen LogP contribution in [0.25, 0.3) is 0 Å². The second-order valence-corrected chi connectivity index (χ2v) is 11.4. The number of hydrogen-bond donors (Lipinski definition) is 1. The second-order valence-electron chi connectivity index (χ2n) is 11.4. The van der Waals surface area contributed by atoms with Gasteiger partial charge in [0.05, 0.1) is 5.56 Å². The molecule has 0 atom stereocenters. The van der Waals surface area contributed by atoms with Crippen LogP contribution in [0.1, 0.15) is 48.9 Å². The van der Waals surface area contributed by atoms with Crippen LogP contribution in [0.5, 0.6) is 0 Å². The third-order valence-electron chi connectivity index (χ3n) is 7.93. The summed E-state index contributed by atoms with van der Waals surface area (Å²) in [4.78, 5) is 30.3. The van der Waals surface area contributed by atoms with Crippen LogP contribution in [0.3, 0.4) is 0 Å². The molecule has 12 heteroatoms. The first-order chi connectivity index (χ1) is 19.1. The lowest BCUT2D eigenvalue weighted by Crippen LogP contribution is -2.52. The molecule has 0 spiro atoms. The van der Waals surface area contributed by atoms with Crippen molar-refractivity contribution in [1.82, 2.24) is 15.1 Å². The number of carbonyl (C=O) groups excluding carboxylic acids is 2. The van der Waals surface area contributed by atoms with Gasteiger partial charge >= 0.3 is 18.3 Å². The number of anilines is 1. The van der Waals surface area contributed by atoms with Crippen LogP contribution in [0.15, 0.2) is 42.5 Å². The molecule has 224 valence electrons. The molecule has 1 N–H and O–H groups in total. The highest BCUT2D eigenvalue weighted by molar-refractivity contribution is 6.02. The predicted octanol–water partition coefficient (Wildman–Crippen LogP) is 5.10. The number of carbonyl (C=O) groups is 2. The number of piperidine rings is 1. The molecule has 1 saturated heterocycles. The summed E-state index contributed by atoms with van der Waals surface area (Å²) in [7, 11) is 1.87. The highest BCUT2D eigenvalue weighted by Crippen LogP contribution is 2.37. The molecule has 0 aromatic heterocycles. The highest BCUT2D eigenvalue weighted by atomic mass is 19.4. The molecule has 0 bridgehead atoms. The summed E-state index contributed by atoms with van der Waals surface area (Å²) < 4.78 is 83.0. The molecular weight excluding hydrogens is 550 g/mol. The largest absolute Gasteiger partial charge is 0.471 e. The van der Waals surface area contributed by atoms with E-state index in [4.69, 9.17) is 0 Å². The van der Waals surface area contributed by atoms with Gasteiger partial charge in [0.1, 0.15) is 6.54 Å². The van der Waals surface area contributed by atoms with E-state index < -0.39 is 54.3 Å². The zero-order chi connectivity index (χ0) is 30.2. The number of hydrogen-bond acceptors (Lipinski definition) is 4. The SMILES string of the molecule is CN1CCC(N(Cc2ccccc2C(F)(F)F)C(=O)CN(C(=O)C(F)(F)F)c2cccc3c2CNCC3(C)C)CC1. The average Bonchev–Trinajstić information content (AvgIpc) is 2.89. The molecule has 4 rings (SSSR count). The maximum atomic E-state index is 13.9. The molecule has 0 aliphatic carbocycles.